The van der Waals surface area contributed by atoms with E-state index in [4.69, 9.17) is 11.5 Å². The van der Waals surface area contributed by atoms with E-state index < -0.39 is 16.2 Å². The summed E-state index contributed by atoms with van der Waals surface area (Å²) >= 11 is 0. The summed E-state index contributed by atoms with van der Waals surface area (Å²) in [5, 5.41) is 10.6. The van der Waals surface area contributed by atoms with Gasteiger partial charge >= 0.3 is 5.69 Å². The molecule has 0 aliphatic heterocycles. The first kappa shape index (κ1) is 19.2. The summed E-state index contributed by atoms with van der Waals surface area (Å²) in [6.45, 7) is 2.52. The minimum Gasteiger partial charge on any atom is -0.391 e. The largest absolute Gasteiger partial charge is 0.391 e. The van der Waals surface area contributed by atoms with Crippen molar-refractivity contribution < 1.29 is 4.92 Å². The Morgan fingerprint density at radius 1 is 1.04 bits per heavy atom. The summed E-state index contributed by atoms with van der Waals surface area (Å²) in [5.74, 6) is 0.00249. The first-order chi connectivity index (χ1) is 12.4. The molecule has 0 aliphatic rings. The maximum atomic E-state index is 12.4. The van der Waals surface area contributed by atoms with Gasteiger partial charge in [0.05, 0.1) is 4.92 Å². The molecule has 0 unspecified atom stereocenters. The van der Waals surface area contributed by atoms with E-state index in [1.165, 1.54) is 16.7 Å². The van der Waals surface area contributed by atoms with Crippen molar-refractivity contribution in [2.24, 2.45) is 0 Å². The maximum Gasteiger partial charge on any atom is 0.332 e. The van der Waals surface area contributed by atoms with Crippen LogP contribution < -0.4 is 22.7 Å². The molecule has 4 N–H and O–H groups in total. The van der Waals surface area contributed by atoms with Gasteiger partial charge in [-0.15, -0.1) is 0 Å². The van der Waals surface area contributed by atoms with E-state index in [1.807, 2.05) is 6.92 Å². The van der Waals surface area contributed by atoms with Gasteiger partial charge < -0.3 is 11.5 Å². The van der Waals surface area contributed by atoms with Crippen LogP contribution in [0.4, 0.5) is 17.2 Å². The number of anilines is 2. The molecule has 0 radical (unpaired) electrons. The third kappa shape index (κ3) is 4.11. The van der Waals surface area contributed by atoms with Gasteiger partial charge in [0.15, 0.2) is 0 Å². The number of nitro groups is 1. The van der Waals surface area contributed by atoms with Crippen molar-refractivity contribution in [2.75, 3.05) is 11.5 Å². The van der Waals surface area contributed by atoms with Gasteiger partial charge in [0.2, 0.25) is 0 Å². The molecule has 1 aromatic carbocycles. The molecule has 0 fully saturated rings. The van der Waals surface area contributed by atoms with Gasteiger partial charge in [0, 0.05) is 25.2 Å². The number of nitrogens with two attached hydrogens (primary N) is 2. The van der Waals surface area contributed by atoms with Crippen molar-refractivity contribution in [1.82, 2.24) is 9.13 Å². The van der Waals surface area contributed by atoms with Gasteiger partial charge in [-0.05, 0) is 31.2 Å². The number of hydrogen-bond donors (Lipinski definition) is 2. The van der Waals surface area contributed by atoms with Gasteiger partial charge in [-0.2, -0.15) is 0 Å². The van der Waals surface area contributed by atoms with Gasteiger partial charge in [-0.3, -0.25) is 24.0 Å². The first-order valence-electron chi connectivity index (χ1n) is 8.48. The number of nitrogens with zero attached hydrogens (tertiary/aromatic N) is 3. The van der Waals surface area contributed by atoms with Crippen LogP contribution in [0.3, 0.4) is 0 Å². The average molecular weight is 361 g/mol. The Kier molecular flexibility index (Phi) is 6.16. The van der Waals surface area contributed by atoms with Crippen molar-refractivity contribution in [3.63, 3.8) is 0 Å². The van der Waals surface area contributed by atoms with Gasteiger partial charge in [-0.25, -0.2) is 4.79 Å². The first-order valence-corrected chi connectivity index (χ1v) is 8.48. The highest BCUT2D eigenvalue weighted by Crippen LogP contribution is 2.14. The molecule has 0 amide bonds. The predicted octanol–water partition coefficient (Wildman–Crippen LogP) is 1.52. The van der Waals surface area contributed by atoms with Crippen molar-refractivity contribution in [3.8, 4) is 0 Å². The van der Waals surface area contributed by atoms with Crippen LogP contribution in [0.5, 0.6) is 0 Å². The molecule has 9 nitrogen and oxygen atoms in total. The number of nitro benzene ring substituents is 1. The summed E-state index contributed by atoms with van der Waals surface area (Å²) in [6, 6.07) is 6.38. The van der Waals surface area contributed by atoms with Crippen LogP contribution in [0.15, 0.2) is 33.9 Å². The lowest BCUT2D eigenvalue weighted by Crippen LogP contribution is -2.42. The molecular weight excluding hydrogens is 338 g/mol. The van der Waals surface area contributed by atoms with E-state index in [2.05, 4.69) is 0 Å². The molecule has 0 bridgehead atoms. The van der Waals surface area contributed by atoms with Crippen LogP contribution in [-0.4, -0.2) is 14.1 Å². The molecule has 9 heteroatoms. The number of hydrogen-bond acceptors (Lipinski definition) is 6. The quantitative estimate of drug-likeness (QED) is 0.415. The zero-order chi connectivity index (χ0) is 19.3. The van der Waals surface area contributed by atoms with Gasteiger partial charge in [0.1, 0.15) is 11.5 Å². The number of rotatable bonds is 8. The molecule has 0 aliphatic carbocycles. The van der Waals surface area contributed by atoms with Crippen LogP contribution in [0.2, 0.25) is 0 Å². The Labute approximate surface area is 150 Å². The molecule has 26 heavy (non-hydrogen) atoms. The molecule has 2 aromatic rings. The highest BCUT2D eigenvalue weighted by molar-refractivity contribution is 5.56. The Bertz CT molecular complexity index is 899. The molecule has 0 saturated heterocycles. The zero-order valence-electron chi connectivity index (χ0n) is 14.7. The minimum atomic E-state index is -0.545. The summed E-state index contributed by atoms with van der Waals surface area (Å²) < 4.78 is 2.45. The third-order valence-electron chi connectivity index (χ3n) is 4.20. The molecule has 0 saturated carbocycles. The van der Waals surface area contributed by atoms with Crippen molar-refractivity contribution >= 4 is 17.2 Å². The van der Waals surface area contributed by atoms with Crippen LogP contribution in [0, 0.1) is 10.1 Å². The topological polar surface area (TPSA) is 139 Å². The van der Waals surface area contributed by atoms with Gasteiger partial charge in [-0.1, -0.05) is 19.1 Å². The molecule has 140 valence electrons. The second kappa shape index (κ2) is 8.32. The van der Waals surface area contributed by atoms with Crippen molar-refractivity contribution in [2.45, 2.75) is 45.7 Å². The molecule has 2 rings (SSSR count). The summed E-state index contributed by atoms with van der Waals surface area (Å²) in [6.07, 6.45) is 2.77. The summed E-state index contributed by atoms with van der Waals surface area (Å²) in [4.78, 5) is 34.7. The number of aryl methyl sites for hydroxylation is 1. The standard InChI is InChI=1S/C17H23N5O4/c1-2-10-21-16(23)14(18)15(19)20(17(21)24)11-4-3-5-12-6-8-13(9-7-12)22(25)26/h6-9H,2-5,10-11,18-19H2,1H3. The van der Waals surface area contributed by atoms with E-state index in [-0.39, 0.29) is 17.2 Å². The normalized spacial score (nSPS) is 10.8. The summed E-state index contributed by atoms with van der Waals surface area (Å²) in [5.41, 5.74) is 11.5. The second-order valence-corrected chi connectivity index (χ2v) is 6.07. The SMILES string of the molecule is CCCn1c(=O)c(N)c(N)n(CCCCc2ccc([N+](=O)[O-])cc2)c1=O. The maximum absolute atomic E-state index is 12.4. The highest BCUT2D eigenvalue weighted by atomic mass is 16.6. The van der Waals surface area contributed by atoms with E-state index in [1.54, 1.807) is 12.1 Å². The Morgan fingerprint density at radius 3 is 2.27 bits per heavy atom. The fourth-order valence-corrected chi connectivity index (χ4v) is 2.76. The lowest BCUT2D eigenvalue weighted by molar-refractivity contribution is -0.384. The minimum absolute atomic E-state index is 0.00249. The Balaban J connectivity index is 2.04. The van der Waals surface area contributed by atoms with Crippen LogP contribution in [0.25, 0.3) is 0 Å². The molecule has 0 atom stereocenters. The zero-order valence-corrected chi connectivity index (χ0v) is 14.7. The van der Waals surface area contributed by atoms with Crippen molar-refractivity contribution in [1.29, 1.82) is 0 Å². The van der Waals surface area contributed by atoms with E-state index in [0.717, 1.165) is 23.0 Å². The highest BCUT2D eigenvalue weighted by Gasteiger charge is 2.14. The Morgan fingerprint density at radius 2 is 1.69 bits per heavy atom. The van der Waals surface area contributed by atoms with Crippen LogP contribution in [-0.2, 0) is 19.5 Å². The van der Waals surface area contributed by atoms with Crippen molar-refractivity contribution in [3.05, 3.63) is 60.8 Å². The van der Waals surface area contributed by atoms with Crippen LogP contribution in [0.1, 0.15) is 31.7 Å². The van der Waals surface area contributed by atoms with E-state index in [9.17, 15) is 19.7 Å². The number of non-ortho nitro benzene ring substituents is 1. The van der Waals surface area contributed by atoms with Crippen LogP contribution >= 0.6 is 0 Å². The number of benzene rings is 1. The monoisotopic (exact) mass is 361 g/mol. The lowest BCUT2D eigenvalue weighted by Gasteiger charge is -2.14. The molecular formula is C17H23N5O4. The van der Waals surface area contributed by atoms with E-state index >= 15 is 0 Å². The number of nitrogen functional groups attached to an aromatic ring is 2. The lowest BCUT2D eigenvalue weighted by atomic mass is 10.1. The smallest absolute Gasteiger partial charge is 0.332 e. The van der Waals surface area contributed by atoms with E-state index in [0.29, 0.717) is 25.9 Å². The third-order valence-corrected chi connectivity index (χ3v) is 4.20. The Hall–Kier alpha value is -3.10. The van der Waals surface area contributed by atoms with Gasteiger partial charge in [0.25, 0.3) is 11.2 Å². The second-order valence-electron chi connectivity index (χ2n) is 6.07. The molecule has 1 aromatic heterocycles. The molecule has 0 spiro atoms. The fraction of sp³-hybridized carbons (Fsp3) is 0.412. The summed E-state index contributed by atoms with van der Waals surface area (Å²) in [7, 11) is 0. The fourth-order valence-electron chi connectivity index (χ4n) is 2.76. The predicted molar refractivity (Wildman–Crippen MR) is 100 cm³/mol. The number of aromatic nitrogens is 2. The average Bonchev–Trinajstić information content (AvgIpc) is 2.63. The number of unbranched alkanes of at least 4 members (excludes halogenated alkanes) is 1. The molecule has 1 heterocycles.